The maximum absolute atomic E-state index is 11.8. The summed E-state index contributed by atoms with van der Waals surface area (Å²) in [6, 6.07) is 3.50. The number of rotatable bonds is 4. The van der Waals surface area contributed by atoms with Gasteiger partial charge < -0.3 is 10.1 Å². The van der Waals surface area contributed by atoms with Crippen LogP contribution in [0.4, 0.5) is 0 Å². The molecule has 17 heavy (non-hydrogen) atoms. The third kappa shape index (κ3) is 3.17. The van der Waals surface area contributed by atoms with E-state index in [1.807, 2.05) is 6.92 Å². The summed E-state index contributed by atoms with van der Waals surface area (Å²) >= 11 is 5.66. The van der Waals surface area contributed by atoms with Crippen molar-refractivity contribution in [2.75, 3.05) is 6.61 Å². The molecule has 1 N–H and O–H groups in total. The Morgan fingerprint density at radius 3 is 2.94 bits per heavy atom. The molecular formula is C12H15ClN2O2. The first-order valence-corrected chi connectivity index (χ1v) is 6.11. The van der Waals surface area contributed by atoms with Gasteiger partial charge in [0, 0.05) is 18.8 Å². The lowest BCUT2D eigenvalue weighted by atomic mass is 9.89. The normalized spacial score (nSPS) is 22.9. The van der Waals surface area contributed by atoms with Crippen molar-refractivity contribution in [3.8, 4) is 0 Å². The quantitative estimate of drug-likeness (QED) is 0.837. The van der Waals surface area contributed by atoms with E-state index in [4.69, 9.17) is 16.3 Å². The van der Waals surface area contributed by atoms with E-state index >= 15 is 0 Å². The second-order valence-electron chi connectivity index (χ2n) is 4.09. The first-order valence-electron chi connectivity index (χ1n) is 5.73. The lowest BCUT2D eigenvalue weighted by molar-refractivity contribution is -0.00862. The average molecular weight is 255 g/mol. The minimum absolute atomic E-state index is 0.103. The Morgan fingerprint density at radius 2 is 2.35 bits per heavy atom. The van der Waals surface area contributed by atoms with Gasteiger partial charge in [0.2, 0.25) is 0 Å². The van der Waals surface area contributed by atoms with E-state index in [2.05, 4.69) is 10.3 Å². The Kier molecular flexibility index (Phi) is 3.97. The number of carbonyl (C=O) groups is 1. The molecule has 2 rings (SSSR count). The van der Waals surface area contributed by atoms with Crippen molar-refractivity contribution in [2.24, 2.45) is 0 Å². The van der Waals surface area contributed by atoms with Gasteiger partial charge in [-0.2, -0.15) is 0 Å². The van der Waals surface area contributed by atoms with Crippen molar-refractivity contribution in [1.82, 2.24) is 10.3 Å². The van der Waals surface area contributed by atoms with Gasteiger partial charge in [0.1, 0.15) is 5.15 Å². The standard InChI is InChI=1S/C12H15ClN2O2/c1-2-17-10-5-9(6-10)15-12(16)8-3-4-11(13)14-7-8/h3-4,7,9-10H,2,5-6H2,1H3,(H,15,16). The molecule has 5 heteroatoms. The molecule has 1 saturated carbocycles. The second-order valence-corrected chi connectivity index (χ2v) is 4.48. The van der Waals surface area contributed by atoms with Gasteiger partial charge in [-0.05, 0) is 31.9 Å². The van der Waals surface area contributed by atoms with E-state index in [1.54, 1.807) is 12.1 Å². The van der Waals surface area contributed by atoms with Gasteiger partial charge in [0.25, 0.3) is 5.91 Å². The van der Waals surface area contributed by atoms with Gasteiger partial charge in [-0.25, -0.2) is 4.98 Å². The minimum Gasteiger partial charge on any atom is -0.378 e. The van der Waals surface area contributed by atoms with E-state index < -0.39 is 0 Å². The molecule has 1 fully saturated rings. The molecule has 0 bridgehead atoms. The molecule has 1 aliphatic rings. The van der Waals surface area contributed by atoms with E-state index in [0.717, 1.165) is 19.4 Å². The molecule has 1 amide bonds. The summed E-state index contributed by atoms with van der Waals surface area (Å²) in [6.45, 7) is 2.71. The molecule has 1 heterocycles. The molecule has 1 aromatic heterocycles. The lowest BCUT2D eigenvalue weighted by Gasteiger charge is -2.35. The van der Waals surface area contributed by atoms with Crippen LogP contribution in [0.15, 0.2) is 18.3 Å². The Labute approximate surface area is 105 Å². The SMILES string of the molecule is CCOC1CC(NC(=O)c2ccc(Cl)nc2)C1. The summed E-state index contributed by atoms with van der Waals surface area (Å²) in [5, 5.41) is 3.33. The van der Waals surface area contributed by atoms with Gasteiger partial charge in [-0.1, -0.05) is 11.6 Å². The molecule has 1 aliphatic carbocycles. The van der Waals surface area contributed by atoms with Crippen LogP contribution in [0, 0.1) is 0 Å². The molecule has 1 aromatic rings. The van der Waals surface area contributed by atoms with Crippen LogP contribution < -0.4 is 5.32 Å². The molecule has 0 radical (unpaired) electrons. The van der Waals surface area contributed by atoms with Crippen LogP contribution in [-0.2, 0) is 4.74 Å². The Hall–Kier alpha value is -1.13. The fourth-order valence-corrected chi connectivity index (χ4v) is 1.95. The van der Waals surface area contributed by atoms with Gasteiger partial charge in [-0.15, -0.1) is 0 Å². The third-order valence-corrected chi connectivity index (χ3v) is 3.05. The zero-order chi connectivity index (χ0) is 12.3. The van der Waals surface area contributed by atoms with Crippen molar-refractivity contribution in [3.05, 3.63) is 29.0 Å². The number of hydrogen-bond donors (Lipinski definition) is 1. The number of nitrogens with one attached hydrogen (secondary N) is 1. The maximum atomic E-state index is 11.8. The Morgan fingerprint density at radius 1 is 1.59 bits per heavy atom. The zero-order valence-corrected chi connectivity index (χ0v) is 10.4. The minimum atomic E-state index is -0.103. The Balaban J connectivity index is 1.81. The fourth-order valence-electron chi connectivity index (χ4n) is 1.83. The van der Waals surface area contributed by atoms with E-state index in [9.17, 15) is 4.79 Å². The van der Waals surface area contributed by atoms with Crippen molar-refractivity contribution in [2.45, 2.75) is 31.9 Å². The third-order valence-electron chi connectivity index (χ3n) is 2.82. The smallest absolute Gasteiger partial charge is 0.253 e. The highest BCUT2D eigenvalue weighted by molar-refractivity contribution is 6.29. The number of pyridine rings is 1. The van der Waals surface area contributed by atoms with E-state index in [0.29, 0.717) is 16.8 Å². The first kappa shape index (κ1) is 12.3. The number of nitrogens with zero attached hydrogens (tertiary/aromatic N) is 1. The van der Waals surface area contributed by atoms with Gasteiger partial charge in [0.15, 0.2) is 0 Å². The average Bonchev–Trinajstić information content (AvgIpc) is 2.27. The molecule has 0 unspecified atom stereocenters. The predicted molar refractivity (Wildman–Crippen MR) is 65.1 cm³/mol. The van der Waals surface area contributed by atoms with Crippen molar-refractivity contribution in [3.63, 3.8) is 0 Å². The number of halogens is 1. The number of aromatic nitrogens is 1. The van der Waals surface area contributed by atoms with Crippen molar-refractivity contribution in [1.29, 1.82) is 0 Å². The number of carbonyl (C=O) groups excluding carboxylic acids is 1. The highest BCUT2D eigenvalue weighted by Crippen LogP contribution is 2.23. The van der Waals surface area contributed by atoms with Crippen LogP contribution in [-0.4, -0.2) is 29.6 Å². The predicted octanol–water partition coefficient (Wildman–Crippen LogP) is 2.03. The Bertz CT molecular complexity index is 388. The molecule has 0 aromatic carbocycles. The molecule has 0 saturated heterocycles. The van der Waals surface area contributed by atoms with Crippen molar-refractivity contribution >= 4 is 17.5 Å². The monoisotopic (exact) mass is 254 g/mol. The second kappa shape index (κ2) is 5.47. The van der Waals surface area contributed by atoms with Crippen LogP contribution in [0.1, 0.15) is 30.1 Å². The van der Waals surface area contributed by atoms with Crippen LogP contribution >= 0.6 is 11.6 Å². The molecule has 0 atom stereocenters. The van der Waals surface area contributed by atoms with Gasteiger partial charge >= 0.3 is 0 Å². The van der Waals surface area contributed by atoms with Crippen molar-refractivity contribution < 1.29 is 9.53 Å². The summed E-state index contributed by atoms with van der Waals surface area (Å²) in [5.41, 5.74) is 0.536. The molecule has 0 spiro atoms. The molecule has 4 nitrogen and oxygen atoms in total. The fraction of sp³-hybridized carbons (Fsp3) is 0.500. The largest absolute Gasteiger partial charge is 0.378 e. The molecule has 0 aliphatic heterocycles. The summed E-state index contributed by atoms with van der Waals surface area (Å²) < 4.78 is 5.43. The van der Waals surface area contributed by atoms with Crippen LogP contribution in [0.3, 0.4) is 0 Å². The lowest BCUT2D eigenvalue weighted by Crippen LogP contribution is -2.47. The first-order chi connectivity index (χ1) is 8.19. The van der Waals surface area contributed by atoms with E-state index in [-0.39, 0.29) is 11.9 Å². The van der Waals surface area contributed by atoms with Crippen LogP contribution in [0.2, 0.25) is 5.15 Å². The number of ether oxygens (including phenoxy) is 1. The zero-order valence-electron chi connectivity index (χ0n) is 9.65. The van der Waals surface area contributed by atoms with Crippen LogP contribution in [0.5, 0.6) is 0 Å². The highest BCUT2D eigenvalue weighted by atomic mass is 35.5. The summed E-state index contributed by atoms with van der Waals surface area (Å²) in [7, 11) is 0. The number of amides is 1. The maximum Gasteiger partial charge on any atom is 0.253 e. The highest BCUT2D eigenvalue weighted by Gasteiger charge is 2.30. The molecular weight excluding hydrogens is 240 g/mol. The summed E-state index contributed by atoms with van der Waals surface area (Å²) in [5.74, 6) is -0.103. The van der Waals surface area contributed by atoms with Gasteiger partial charge in [-0.3, -0.25) is 4.79 Å². The topological polar surface area (TPSA) is 51.2 Å². The van der Waals surface area contributed by atoms with E-state index in [1.165, 1.54) is 6.20 Å². The number of hydrogen-bond acceptors (Lipinski definition) is 3. The van der Waals surface area contributed by atoms with Crippen LogP contribution in [0.25, 0.3) is 0 Å². The summed E-state index contributed by atoms with van der Waals surface area (Å²) in [6.07, 6.45) is 3.56. The molecule has 92 valence electrons. The van der Waals surface area contributed by atoms with Gasteiger partial charge in [0.05, 0.1) is 11.7 Å². The summed E-state index contributed by atoms with van der Waals surface area (Å²) in [4.78, 5) is 15.7.